The minimum atomic E-state index is 0.230. The fourth-order valence-corrected chi connectivity index (χ4v) is 2.05. The largest absolute Gasteiger partial charge is 0.362 e. The van der Waals surface area contributed by atoms with Gasteiger partial charge in [-0.05, 0) is 37.4 Å². The van der Waals surface area contributed by atoms with Crippen LogP contribution in [0.4, 0.5) is 0 Å². The standard InChI is InChI=1S/C12H22N2/c1-8-6-10(9(2)14-8)11(7-13)12(3,4)5/h6,11,14H,7,13H2,1-5H3. The lowest BCUT2D eigenvalue weighted by atomic mass is 9.76. The topological polar surface area (TPSA) is 41.8 Å². The lowest BCUT2D eigenvalue weighted by Gasteiger charge is -2.29. The molecule has 0 aliphatic heterocycles. The van der Waals surface area contributed by atoms with Gasteiger partial charge in [-0.2, -0.15) is 0 Å². The second-order valence-electron chi connectivity index (χ2n) is 5.19. The Balaban J connectivity index is 3.07. The van der Waals surface area contributed by atoms with Crippen molar-refractivity contribution in [1.82, 2.24) is 4.98 Å². The fourth-order valence-electron chi connectivity index (χ4n) is 2.05. The summed E-state index contributed by atoms with van der Waals surface area (Å²) in [5.74, 6) is 0.437. The quantitative estimate of drug-likeness (QED) is 0.747. The summed E-state index contributed by atoms with van der Waals surface area (Å²) in [6, 6.07) is 2.22. The first-order valence-corrected chi connectivity index (χ1v) is 5.22. The van der Waals surface area contributed by atoms with E-state index in [1.165, 1.54) is 17.0 Å². The fraction of sp³-hybridized carbons (Fsp3) is 0.667. The third-order valence-corrected chi connectivity index (χ3v) is 2.85. The van der Waals surface area contributed by atoms with Crippen LogP contribution in [-0.2, 0) is 0 Å². The second kappa shape index (κ2) is 3.77. The van der Waals surface area contributed by atoms with E-state index >= 15 is 0 Å². The Labute approximate surface area is 86.9 Å². The number of nitrogens with two attached hydrogens (primary N) is 1. The molecular formula is C12H22N2. The van der Waals surface area contributed by atoms with Gasteiger partial charge in [0.1, 0.15) is 0 Å². The van der Waals surface area contributed by atoms with Crippen LogP contribution in [0.3, 0.4) is 0 Å². The number of nitrogens with one attached hydrogen (secondary N) is 1. The molecule has 0 aliphatic carbocycles. The summed E-state index contributed by atoms with van der Waals surface area (Å²) in [6.07, 6.45) is 0. The summed E-state index contributed by atoms with van der Waals surface area (Å²) in [4.78, 5) is 3.34. The van der Waals surface area contributed by atoms with Crippen molar-refractivity contribution in [2.24, 2.45) is 11.1 Å². The minimum absolute atomic E-state index is 0.230. The SMILES string of the molecule is Cc1cc(C(CN)C(C)(C)C)c(C)[nH]1. The zero-order valence-electron chi connectivity index (χ0n) is 9.94. The first-order chi connectivity index (χ1) is 6.36. The number of rotatable bonds is 2. The molecule has 2 heteroatoms. The van der Waals surface area contributed by atoms with Crippen LogP contribution >= 0.6 is 0 Å². The predicted molar refractivity (Wildman–Crippen MR) is 61.5 cm³/mol. The lowest BCUT2D eigenvalue weighted by Crippen LogP contribution is -2.26. The number of aryl methyl sites for hydroxylation is 2. The zero-order chi connectivity index (χ0) is 10.9. The molecule has 1 aromatic heterocycles. The first-order valence-electron chi connectivity index (χ1n) is 5.22. The summed E-state index contributed by atoms with van der Waals surface area (Å²) in [5.41, 5.74) is 9.94. The summed E-state index contributed by atoms with van der Waals surface area (Å²) in [5, 5.41) is 0. The van der Waals surface area contributed by atoms with Crippen LogP contribution in [0, 0.1) is 19.3 Å². The average molecular weight is 194 g/mol. The number of aromatic nitrogens is 1. The van der Waals surface area contributed by atoms with E-state index in [1.54, 1.807) is 0 Å². The van der Waals surface area contributed by atoms with Gasteiger partial charge in [0, 0.05) is 17.3 Å². The number of hydrogen-bond donors (Lipinski definition) is 2. The van der Waals surface area contributed by atoms with Crippen molar-refractivity contribution >= 4 is 0 Å². The maximum absolute atomic E-state index is 5.86. The minimum Gasteiger partial charge on any atom is -0.362 e. The smallest absolute Gasteiger partial charge is 0.0153 e. The summed E-state index contributed by atoms with van der Waals surface area (Å²) in [7, 11) is 0. The Morgan fingerprint density at radius 1 is 1.36 bits per heavy atom. The number of H-pyrrole nitrogens is 1. The monoisotopic (exact) mass is 194 g/mol. The first kappa shape index (κ1) is 11.3. The van der Waals surface area contributed by atoms with Gasteiger partial charge in [-0.25, -0.2) is 0 Å². The van der Waals surface area contributed by atoms with Crippen molar-refractivity contribution in [2.75, 3.05) is 6.54 Å². The number of aromatic amines is 1. The van der Waals surface area contributed by atoms with Gasteiger partial charge in [-0.3, -0.25) is 0 Å². The van der Waals surface area contributed by atoms with Crippen molar-refractivity contribution in [3.05, 3.63) is 23.0 Å². The molecule has 1 rings (SSSR count). The van der Waals surface area contributed by atoms with Gasteiger partial charge in [0.15, 0.2) is 0 Å². The summed E-state index contributed by atoms with van der Waals surface area (Å²) >= 11 is 0. The highest BCUT2D eigenvalue weighted by Gasteiger charge is 2.26. The molecule has 14 heavy (non-hydrogen) atoms. The van der Waals surface area contributed by atoms with Crippen LogP contribution in [0.2, 0.25) is 0 Å². The van der Waals surface area contributed by atoms with Crippen molar-refractivity contribution in [1.29, 1.82) is 0 Å². The maximum Gasteiger partial charge on any atom is 0.0153 e. The van der Waals surface area contributed by atoms with Crippen LogP contribution in [0.5, 0.6) is 0 Å². The lowest BCUT2D eigenvalue weighted by molar-refractivity contribution is 0.325. The molecule has 0 radical (unpaired) electrons. The molecular weight excluding hydrogens is 172 g/mol. The van der Waals surface area contributed by atoms with E-state index < -0.39 is 0 Å². The van der Waals surface area contributed by atoms with E-state index in [0.717, 1.165) is 0 Å². The molecule has 0 saturated carbocycles. The second-order valence-corrected chi connectivity index (χ2v) is 5.19. The third-order valence-electron chi connectivity index (χ3n) is 2.85. The van der Waals surface area contributed by atoms with Gasteiger partial charge in [0.2, 0.25) is 0 Å². The van der Waals surface area contributed by atoms with E-state index in [0.29, 0.717) is 12.5 Å². The third kappa shape index (κ3) is 2.18. The number of hydrogen-bond acceptors (Lipinski definition) is 1. The van der Waals surface area contributed by atoms with Crippen LogP contribution in [0.15, 0.2) is 6.07 Å². The van der Waals surface area contributed by atoms with Crippen molar-refractivity contribution in [2.45, 2.75) is 40.5 Å². The van der Waals surface area contributed by atoms with Gasteiger partial charge >= 0.3 is 0 Å². The van der Waals surface area contributed by atoms with Crippen LogP contribution in [0.25, 0.3) is 0 Å². The van der Waals surface area contributed by atoms with Gasteiger partial charge in [0.05, 0.1) is 0 Å². The Morgan fingerprint density at radius 3 is 2.21 bits per heavy atom. The molecule has 1 aromatic rings. The molecule has 0 spiro atoms. The van der Waals surface area contributed by atoms with E-state index in [1.807, 2.05) is 0 Å². The molecule has 1 atom stereocenters. The molecule has 0 aromatic carbocycles. The van der Waals surface area contributed by atoms with Crippen LogP contribution < -0.4 is 5.73 Å². The Hall–Kier alpha value is -0.760. The normalized spacial score (nSPS) is 14.4. The van der Waals surface area contributed by atoms with Gasteiger partial charge in [-0.1, -0.05) is 20.8 Å². The molecule has 0 saturated heterocycles. The molecule has 2 nitrogen and oxygen atoms in total. The van der Waals surface area contributed by atoms with E-state index in [9.17, 15) is 0 Å². The summed E-state index contributed by atoms with van der Waals surface area (Å²) in [6.45, 7) is 11.6. The Morgan fingerprint density at radius 2 is 1.93 bits per heavy atom. The van der Waals surface area contributed by atoms with Crippen LogP contribution in [-0.4, -0.2) is 11.5 Å². The molecule has 1 heterocycles. The van der Waals surface area contributed by atoms with Crippen molar-refractivity contribution in [3.8, 4) is 0 Å². The Bertz CT molecular complexity index is 305. The highest BCUT2D eigenvalue weighted by Crippen LogP contribution is 2.35. The molecule has 0 amide bonds. The highest BCUT2D eigenvalue weighted by atomic mass is 14.7. The molecule has 3 N–H and O–H groups in total. The van der Waals surface area contributed by atoms with E-state index in [2.05, 4.69) is 45.7 Å². The predicted octanol–water partition coefficient (Wildman–Crippen LogP) is 2.72. The van der Waals surface area contributed by atoms with Gasteiger partial charge < -0.3 is 10.7 Å². The van der Waals surface area contributed by atoms with Crippen molar-refractivity contribution < 1.29 is 0 Å². The summed E-state index contributed by atoms with van der Waals surface area (Å²) < 4.78 is 0. The van der Waals surface area contributed by atoms with Gasteiger partial charge in [-0.15, -0.1) is 0 Å². The van der Waals surface area contributed by atoms with Crippen molar-refractivity contribution in [3.63, 3.8) is 0 Å². The molecule has 0 bridgehead atoms. The molecule has 0 fully saturated rings. The van der Waals surface area contributed by atoms with Gasteiger partial charge in [0.25, 0.3) is 0 Å². The van der Waals surface area contributed by atoms with E-state index in [4.69, 9.17) is 5.73 Å². The molecule has 80 valence electrons. The maximum atomic E-state index is 5.86. The Kier molecular flexibility index (Phi) is 3.05. The molecule has 1 unspecified atom stereocenters. The zero-order valence-corrected chi connectivity index (χ0v) is 9.94. The molecule has 0 aliphatic rings. The van der Waals surface area contributed by atoms with Crippen LogP contribution in [0.1, 0.15) is 43.6 Å². The average Bonchev–Trinajstić information content (AvgIpc) is 2.29. The van der Waals surface area contributed by atoms with E-state index in [-0.39, 0.29) is 5.41 Å². The highest BCUT2D eigenvalue weighted by molar-refractivity contribution is 5.29.